The number of hydrogen-bond acceptors (Lipinski definition) is 3. The number of anilines is 1. The van der Waals surface area contributed by atoms with Crippen molar-refractivity contribution in [2.24, 2.45) is 0 Å². The average Bonchev–Trinajstić information content (AvgIpc) is 3.32. The molecule has 1 fully saturated rings. The van der Waals surface area contributed by atoms with Crippen molar-refractivity contribution in [2.75, 3.05) is 12.4 Å². The molecule has 1 N–H and O–H groups in total. The van der Waals surface area contributed by atoms with Crippen molar-refractivity contribution in [2.45, 2.75) is 57.5 Å². The summed E-state index contributed by atoms with van der Waals surface area (Å²) < 4.78 is 11.4. The third-order valence-corrected chi connectivity index (χ3v) is 6.57. The fourth-order valence-corrected chi connectivity index (χ4v) is 4.56. The smallest absolute Gasteiger partial charge is 0.235 e. The Morgan fingerprint density at radius 1 is 1.00 bits per heavy atom. The number of methoxy groups -OCH3 is 1. The molecule has 0 bridgehead atoms. The highest BCUT2D eigenvalue weighted by atomic mass is 16.5. The van der Waals surface area contributed by atoms with Gasteiger partial charge >= 0.3 is 0 Å². The Hall–Kier alpha value is -3.01. The number of carbonyl (C=O) groups excluding carboxylic acids is 1. The van der Waals surface area contributed by atoms with Crippen molar-refractivity contribution in [1.29, 1.82) is 0 Å². The van der Waals surface area contributed by atoms with Gasteiger partial charge in [-0.1, -0.05) is 56.2 Å². The first-order valence-electron chi connectivity index (χ1n) is 11.2. The third-order valence-electron chi connectivity index (χ3n) is 6.57. The van der Waals surface area contributed by atoms with Crippen molar-refractivity contribution in [3.8, 4) is 11.5 Å². The van der Waals surface area contributed by atoms with E-state index in [-0.39, 0.29) is 12.0 Å². The van der Waals surface area contributed by atoms with Gasteiger partial charge in [-0.3, -0.25) is 4.79 Å². The molecule has 162 valence electrons. The van der Waals surface area contributed by atoms with Crippen LogP contribution in [0.1, 0.15) is 51.5 Å². The van der Waals surface area contributed by atoms with E-state index in [1.165, 1.54) is 0 Å². The van der Waals surface area contributed by atoms with Crippen LogP contribution >= 0.6 is 0 Å². The summed E-state index contributed by atoms with van der Waals surface area (Å²) in [6.45, 7) is 4.19. The summed E-state index contributed by atoms with van der Waals surface area (Å²) in [7, 11) is 1.66. The Morgan fingerprint density at radius 3 is 2.32 bits per heavy atom. The molecule has 0 aromatic heterocycles. The van der Waals surface area contributed by atoms with Crippen LogP contribution < -0.4 is 14.8 Å². The lowest BCUT2D eigenvalue weighted by molar-refractivity contribution is -0.121. The Bertz CT molecular complexity index is 1050. The predicted octanol–water partition coefficient (Wildman–Crippen LogP) is 6.48. The maximum atomic E-state index is 13.7. The molecule has 1 atom stereocenters. The Morgan fingerprint density at radius 2 is 1.68 bits per heavy atom. The van der Waals surface area contributed by atoms with Gasteiger partial charge in [-0.2, -0.15) is 0 Å². The maximum absolute atomic E-state index is 13.7. The van der Waals surface area contributed by atoms with Gasteiger partial charge in [0, 0.05) is 16.5 Å². The van der Waals surface area contributed by atoms with Gasteiger partial charge in [0.1, 0.15) is 11.5 Å². The van der Waals surface area contributed by atoms with Crippen molar-refractivity contribution in [3.05, 3.63) is 66.2 Å². The van der Waals surface area contributed by atoms with Crippen LogP contribution in [0.5, 0.6) is 11.5 Å². The van der Waals surface area contributed by atoms with Crippen LogP contribution in [-0.4, -0.2) is 19.1 Å². The number of rotatable bonds is 7. The molecule has 0 unspecified atom stereocenters. The molecule has 1 amide bonds. The largest absolute Gasteiger partial charge is 0.497 e. The molecule has 3 aromatic carbocycles. The van der Waals surface area contributed by atoms with E-state index in [2.05, 4.69) is 25.2 Å². The second-order valence-corrected chi connectivity index (χ2v) is 8.47. The van der Waals surface area contributed by atoms with Crippen molar-refractivity contribution in [3.63, 3.8) is 0 Å². The second kappa shape index (κ2) is 9.01. The number of carbonyl (C=O) groups is 1. The summed E-state index contributed by atoms with van der Waals surface area (Å²) in [5, 5.41) is 5.28. The molecule has 0 saturated heterocycles. The first-order valence-corrected chi connectivity index (χ1v) is 11.2. The summed E-state index contributed by atoms with van der Waals surface area (Å²) in [6.07, 6.45) is 4.91. The quantitative estimate of drug-likeness (QED) is 0.479. The fourth-order valence-electron chi connectivity index (χ4n) is 4.56. The zero-order valence-corrected chi connectivity index (χ0v) is 18.6. The summed E-state index contributed by atoms with van der Waals surface area (Å²) in [6, 6.07) is 20.0. The van der Waals surface area contributed by atoms with Gasteiger partial charge in [-0.25, -0.2) is 0 Å². The van der Waals surface area contributed by atoms with Gasteiger partial charge in [0.15, 0.2) is 0 Å². The number of fused-ring (bicyclic) bond motifs is 1. The van der Waals surface area contributed by atoms with Crippen LogP contribution in [-0.2, 0) is 10.2 Å². The zero-order valence-electron chi connectivity index (χ0n) is 18.6. The van der Waals surface area contributed by atoms with Gasteiger partial charge in [0.05, 0.1) is 18.6 Å². The number of ether oxygens (including phenoxy) is 2. The van der Waals surface area contributed by atoms with Crippen molar-refractivity contribution < 1.29 is 14.3 Å². The average molecular weight is 418 g/mol. The molecule has 3 aromatic rings. The van der Waals surface area contributed by atoms with Gasteiger partial charge in [0.2, 0.25) is 5.91 Å². The molecule has 31 heavy (non-hydrogen) atoms. The Balaban J connectivity index is 1.67. The number of benzene rings is 3. The third kappa shape index (κ3) is 4.12. The standard InChI is InChI=1S/C27H31NO3/c1-4-19(2)31-25-16-15-24(22-9-5-6-10-23(22)25)28-26(29)27(17-7-8-18-27)20-11-13-21(30-3)14-12-20/h5-6,9-16,19H,4,7-8,17-18H2,1-3H3,(H,28,29)/t19-/m0/s1. The molecular weight excluding hydrogens is 386 g/mol. The predicted molar refractivity (Wildman–Crippen MR) is 126 cm³/mol. The lowest BCUT2D eigenvalue weighted by atomic mass is 9.78. The Labute approximate surface area is 184 Å². The van der Waals surface area contributed by atoms with Gasteiger partial charge < -0.3 is 14.8 Å². The minimum absolute atomic E-state index is 0.0657. The molecule has 4 nitrogen and oxygen atoms in total. The van der Waals surface area contributed by atoms with E-state index in [0.717, 1.165) is 65.6 Å². The Kier molecular flexibility index (Phi) is 6.17. The number of amides is 1. The molecule has 1 aliphatic rings. The molecule has 0 spiro atoms. The maximum Gasteiger partial charge on any atom is 0.235 e. The van der Waals surface area contributed by atoms with E-state index in [1.54, 1.807) is 7.11 Å². The summed E-state index contributed by atoms with van der Waals surface area (Å²) in [4.78, 5) is 13.7. The number of nitrogens with one attached hydrogen (secondary N) is 1. The second-order valence-electron chi connectivity index (χ2n) is 8.47. The van der Waals surface area contributed by atoms with Crippen LogP contribution in [0.15, 0.2) is 60.7 Å². The lowest BCUT2D eigenvalue weighted by Gasteiger charge is -2.29. The van der Waals surface area contributed by atoms with Crippen LogP contribution in [0.25, 0.3) is 10.8 Å². The van der Waals surface area contributed by atoms with Crippen LogP contribution in [0, 0.1) is 0 Å². The van der Waals surface area contributed by atoms with Crippen LogP contribution in [0.3, 0.4) is 0 Å². The summed E-state index contributed by atoms with van der Waals surface area (Å²) >= 11 is 0. The molecule has 1 saturated carbocycles. The van der Waals surface area contributed by atoms with E-state index >= 15 is 0 Å². The van der Waals surface area contributed by atoms with Crippen molar-refractivity contribution >= 4 is 22.4 Å². The zero-order chi connectivity index (χ0) is 21.8. The highest BCUT2D eigenvalue weighted by molar-refractivity contribution is 6.07. The number of hydrogen-bond donors (Lipinski definition) is 1. The van der Waals surface area contributed by atoms with Gasteiger partial charge in [-0.05, 0) is 56.0 Å². The normalized spacial score (nSPS) is 16.1. The highest BCUT2D eigenvalue weighted by Gasteiger charge is 2.42. The van der Waals surface area contributed by atoms with E-state index in [0.29, 0.717) is 0 Å². The van der Waals surface area contributed by atoms with E-state index in [4.69, 9.17) is 9.47 Å². The first-order chi connectivity index (χ1) is 15.1. The molecule has 0 radical (unpaired) electrons. The molecule has 4 heteroatoms. The fraction of sp³-hybridized carbons (Fsp3) is 0.370. The summed E-state index contributed by atoms with van der Waals surface area (Å²) in [5.74, 6) is 1.73. The minimum Gasteiger partial charge on any atom is -0.497 e. The molecular formula is C27H31NO3. The van der Waals surface area contributed by atoms with Gasteiger partial charge in [0.25, 0.3) is 0 Å². The first kappa shape index (κ1) is 21.2. The van der Waals surface area contributed by atoms with E-state index in [1.807, 2.05) is 54.6 Å². The molecule has 4 rings (SSSR count). The highest BCUT2D eigenvalue weighted by Crippen LogP contribution is 2.43. The summed E-state index contributed by atoms with van der Waals surface area (Å²) in [5.41, 5.74) is 1.39. The minimum atomic E-state index is -0.501. The topological polar surface area (TPSA) is 47.6 Å². The monoisotopic (exact) mass is 417 g/mol. The molecule has 0 heterocycles. The van der Waals surface area contributed by atoms with Gasteiger partial charge in [-0.15, -0.1) is 0 Å². The van der Waals surface area contributed by atoms with Crippen LogP contribution in [0.2, 0.25) is 0 Å². The van der Waals surface area contributed by atoms with Crippen LogP contribution in [0.4, 0.5) is 5.69 Å². The van der Waals surface area contributed by atoms with E-state index in [9.17, 15) is 4.79 Å². The SMILES string of the molecule is CC[C@H](C)Oc1ccc(NC(=O)C2(c3ccc(OC)cc3)CCCC2)c2ccccc12. The molecule has 1 aliphatic carbocycles. The van der Waals surface area contributed by atoms with E-state index < -0.39 is 5.41 Å². The van der Waals surface area contributed by atoms with Crippen molar-refractivity contribution in [1.82, 2.24) is 0 Å². The lowest BCUT2D eigenvalue weighted by Crippen LogP contribution is -2.38. The molecule has 0 aliphatic heterocycles.